The van der Waals surface area contributed by atoms with Crippen molar-refractivity contribution in [1.29, 1.82) is 0 Å². The molecule has 1 heterocycles. The van der Waals surface area contributed by atoms with E-state index in [1.54, 1.807) is 6.07 Å². The smallest absolute Gasteiger partial charge is 0.426 e. The molecule has 1 aliphatic heterocycles. The lowest BCUT2D eigenvalue weighted by atomic mass is 10.1. The molecule has 14 heavy (non-hydrogen) atoms. The number of methoxy groups -OCH3 is 1. The minimum atomic E-state index is -3.30. The van der Waals surface area contributed by atoms with Crippen molar-refractivity contribution >= 4 is 5.57 Å². The van der Waals surface area contributed by atoms with Gasteiger partial charge in [0.05, 0.1) is 12.7 Å². The van der Waals surface area contributed by atoms with Gasteiger partial charge < -0.3 is 9.47 Å². The molecule has 0 atom stereocenters. The molecular formula is C10H8F2O2. The summed E-state index contributed by atoms with van der Waals surface area (Å²) in [4.78, 5) is 0. The van der Waals surface area contributed by atoms with Crippen LogP contribution in [0, 0.1) is 0 Å². The molecular weight excluding hydrogens is 190 g/mol. The zero-order chi connectivity index (χ0) is 10.3. The van der Waals surface area contributed by atoms with E-state index in [0.717, 1.165) is 0 Å². The lowest BCUT2D eigenvalue weighted by molar-refractivity contribution is -0.111. The second-order valence-electron chi connectivity index (χ2n) is 2.96. The average molecular weight is 198 g/mol. The van der Waals surface area contributed by atoms with Crippen molar-refractivity contribution in [2.75, 3.05) is 7.11 Å². The van der Waals surface area contributed by atoms with E-state index in [1.165, 1.54) is 19.2 Å². The van der Waals surface area contributed by atoms with Gasteiger partial charge in [0.15, 0.2) is 0 Å². The Bertz CT molecular complexity index is 399. The fourth-order valence-electron chi connectivity index (χ4n) is 1.32. The third kappa shape index (κ3) is 1.14. The van der Waals surface area contributed by atoms with Crippen LogP contribution in [0.5, 0.6) is 11.5 Å². The Kier molecular flexibility index (Phi) is 1.74. The zero-order valence-electron chi connectivity index (χ0n) is 7.51. The highest BCUT2D eigenvalue weighted by Crippen LogP contribution is 2.46. The first-order valence-corrected chi connectivity index (χ1v) is 3.99. The van der Waals surface area contributed by atoms with Gasteiger partial charge >= 0.3 is 6.11 Å². The maximum Gasteiger partial charge on any atom is 0.426 e. The maximum atomic E-state index is 13.0. The van der Waals surface area contributed by atoms with Gasteiger partial charge in [-0.05, 0) is 18.2 Å². The van der Waals surface area contributed by atoms with Crippen molar-refractivity contribution in [3.05, 3.63) is 30.3 Å². The van der Waals surface area contributed by atoms with Crippen molar-refractivity contribution in [3.8, 4) is 11.5 Å². The van der Waals surface area contributed by atoms with E-state index in [9.17, 15) is 8.78 Å². The molecule has 0 aliphatic carbocycles. The fourth-order valence-corrected chi connectivity index (χ4v) is 1.32. The van der Waals surface area contributed by atoms with Crippen LogP contribution in [0.25, 0.3) is 5.57 Å². The van der Waals surface area contributed by atoms with Gasteiger partial charge in [-0.15, -0.1) is 0 Å². The Balaban J connectivity index is 2.51. The van der Waals surface area contributed by atoms with Crippen LogP contribution in [0.15, 0.2) is 24.8 Å². The molecule has 0 radical (unpaired) electrons. The number of alkyl halides is 2. The molecule has 0 amide bonds. The third-order valence-electron chi connectivity index (χ3n) is 2.10. The fraction of sp³-hybridized carbons (Fsp3) is 0.200. The van der Waals surface area contributed by atoms with Gasteiger partial charge in [0.25, 0.3) is 0 Å². The molecule has 0 aromatic heterocycles. The molecule has 0 N–H and O–H groups in total. The monoisotopic (exact) mass is 198 g/mol. The molecule has 2 nitrogen and oxygen atoms in total. The largest absolute Gasteiger partial charge is 0.497 e. The number of hydrogen-bond acceptors (Lipinski definition) is 2. The Morgan fingerprint density at radius 2 is 2.14 bits per heavy atom. The zero-order valence-corrected chi connectivity index (χ0v) is 7.51. The summed E-state index contributed by atoms with van der Waals surface area (Å²) in [6.07, 6.45) is -3.30. The molecule has 1 aliphatic rings. The normalized spacial score (nSPS) is 17.5. The van der Waals surface area contributed by atoms with Crippen LogP contribution in [0.2, 0.25) is 0 Å². The average Bonchev–Trinajstić information content (AvgIpc) is 2.38. The summed E-state index contributed by atoms with van der Waals surface area (Å²) in [5.74, 6) is 0.645. The predicted molar refractivity (Wildman–Crippen MR) is 47.6 cm³/mol. The first-order valence-electron chi connectivity index (χ1n) is 3.99. The second kappa shape index (κ2) is 2.70. The van der Waals surface area contributed by atoms with Gasteiger partial charge in [-0.3, -0.25) is 0 Å². The van der Waals surface area contributed by atoms with Gasteiger partial charge in [0.2, 0.25) is 0 Å². The van der Waals surface area contributed by atoms with Crippen LogP contribution in [0.1, 0.15) is 5.56 Å². The lowest BCUT2D eigenvalue weighted by Gasteiger charge is -2.07. The molecule has 0 bridgehead atoms. The van der Waals surface area contributed by atoms with Crippen molar-refractivity contribution < 1.29 is 18.3 Å². The lowest BCUT2D eigenvalue weighted by Crippen LogP contribution is -2.19. The highest BCUT2D eigenvalue weighted by Gasteiger charge is 2.44. The number of rotatable bonds is 1. The third-order valence-corrected chi connectivity index (χ3v) is 2.10. The molecule has 0 unspecified atom stereocenters. The summed E-state index contributed by atoms with van der Waals surface area (Å²) < 4.78 is 35.3. The van der Waals surface area contributed by atoms with E-state index in [0.29, 0.717) is 11.3 Å². The summed E-state index contributed by atoms with van der Waals surface area (Å²) in [5.41, 5.74) is -0.0271. The quantitative estimate of drug-likeness (QED) is 0.690. The van der Waals surface area contributed by atoms with E-state index >= 15 is 0 Å². The molecule has 74 valence electrons. The van der Waals surface area contributed by atoms with Gasteiger partial charge in [-0.25, -0.2) is 0 Å². The summed E-state index contributed by atoms with van der Waals surface area (Å²) in [7, 11) is 1.47. The number of hydrogen-bond donors (Lipinski definition) is 0. The Morgan fingerprint density at radius 1 is 1.43 bits per heavy atom. The van der Waals surface area contributed by atoms with Crippen molar-refractivity contribution in [2.45, 2.75) is 6.11 Å². The topological polar surface area (TPSA) is 18.5 Å². The molecule has 0 saturated carbocycles. The summed E-state index contributed by atoms with van der Waals surface area (Å²) in [6, 6.07) is 4.49. The van der Waals surface area contributed by atoms with E-state index in [2.05, 4.69) is 11.3 Å². The van der Waals surface area contributed by atoms with Gasteiger partial charge in [-0.2, -0.15) is 8.78 Å². The minimum Gasteiger partial charge on any atom is -0.497 e. The molecule has 0 saturated heterocycles. The van der Waals surface area contributed by atoms with Crippen molar-refractivity contribution in [3.63, 3.8) is 0 Å². The van der Waals surface area contributed by atoms with Crippen LogP contribution in [-0.4, -0.2) is 13.2 Å². The second-order valence-corrected chi connectivity index (χ2v) is 2.96. The highest BCUT2D eigenvalue weighted by molar-refractivity contribution is 5.77. The number of ether oxygens (including phenoxy) is 2. The Labute approximate surface area is 79.8 Å². The van der Waals surface area contributed by atoms with Gasteiger partial charge in [-0.1, -0.05) is 6.58 Å². The molecule has 2 rings (SSSR count). The van der Waals surface area contributed by atoms with Crippen LogP contribution >= 0.6 is 0 Å². The first kappa shape index (κ1) is 8.99. The number of fused-ring (bicyclic) bond motifs is 1. The standard InChI is InChI=1S/C10H8F2O2/c1-6-8-5-7(13-2)3-4-9(8)14-10(6,11)12/h3-5H,1H2,2H3. The van der Waals surface area contributed by atoms with E-state index < -0.39 is 6.11 Å². The molecule has 1 aromatic rings. The number of halogens is 2. The first-order chi connectivity index (χ1) is 6.54. The molecule has 0 fully saturated rings. The van der Waals surface area contributed by atoms with Gasteiger partial charge in [0.1, 0.15) is 11.5 Å². The van der Waals surface area contributed by atoms with Crippen LogP contribution in [-0.2, 0) is 0 Å². The van der Waals surface area contributed by atoms with Crippen LogP contribution in [0.3, 0.4) is 0 Å². The Hall–Kier alpha value is -1.58. The van der Waals surface area contributed by atoms with Crippen LogP contribution in [0.4, 0.5) is 8.78 Å². The van der Waals surface area contributed by atoms with Gasteiger partial charge in [0, 0.05) is 5.56 Å². The van der Waals surface area contributed by atoms with E-state index in [-0.39, 0.29) is 11.3 Å². The van der Waals surface area contributed by atoms with E-state index in [1.807, 2.05) is 0 Å². The predicted octanol–water partition coefficient (Wildman–Crippen LogP) is 2.69. The maximum absolute atomic E-state index is 13.0. The van der Waals surface area contributed by atoms with Crippen molar-refractivity contribution in [2.24, 2.45) is 0 Å². The Morgan fingerprint density at radius 3 is 2.79 bits per heavy atom. The summed E-state index contributed by atoms with van der Waals surface area (Å²) in [6.45, 7) is 3.29. The SMILES string of the molecule is C=C1c2cc(OC)ccc2OC1(F)F. The molecule has 0 spiro atoms. The minimum absolute atomic E-state index is 0.140. The molecule has 4 heteroatoms. The van der Waals surface area contributed by atoms with Crippen LogP contribution < -0.4 is 9.47 Å². The number of benzene rings is 1. The van der Waals surface area contributed by atoms with Crippen molar-refractivity contribution in [1.82, 2.24) is 0 Å². The summed E-state index contributed by atoms with van der Waals surface area (Å²) in [5, 5.41) is 0. The molecule has 1 aromatic carbocycles. The summed E-state index contributed by atoms with van der Waals surface area (Å²) >= 11 is 0. The van der Waals surface area contributed by atoms with E-state index in [4.69, 9.17) is 4.74 Å². The highest BCUT2D eigenvalue weighted by atomic mass is 19.3.